The lowest BCUT2D eigenvalue weighted by molar-refractivity contribution is -0.111. The van der Waals surface area contributed by atoms with E-state index in [4.69, 9.17) is 4.74 Å². The number of anilines is 5. The van der Waals surface area contributed by atoms with Crippen molar-refractivity contribution in [2.75, 3.05) is 53.7 Å². The zero-order valence-electron chi connectivity index (χ0n) is 30.9. The van der Waals surface area contributed by atoms with Crippen LogP contribution in [0.3, 0.4) is 0 Å². The minimum atomic E-state index is -0.805. The van der Waals surface area contributed by atoms with Crippen molar-refractivity contribution in [1.29, 1.82) is 0 Å². The van der Waals surface area contributed by atoms with E-state index >= 15 is 4.39 Å². The van der Waals surface area contributed by atoms with Crippen LogP contribution in [0.4, 0.5) is 37.3 Å². The summed E-state index contributed by atoms with van der Waals surface area (Å²) in [6.45, 7) is 9.14. The monoisotopic (exact) mass is 753 g/mol. The summed E-state index contributed by atoms with van der Waals surface area (Å²) >= 11 is 0. The summed E-state index contributed by atoms with van der Waals surface area (Å²) in [5, 5.41) is 19.0. The van der Waals surface area contributed by atoms with Crippen LogP contribution in [-0.4, -0.2) is 76.3 Å². The van der Waals surface area contributed by atoms with Gasteiger partial charge in [0.05, 0.1) is 34.9 Å². The smallest absolute Gasteiger partial charge is 0.293 e. The summed E-state index contributed by atoms with van der Waals surface area (Å²) in [6.07, 6.45) is 6.55. The highest BCUT2D eigenvalue weighted by molar-refractivity contribution is 6.05. The molecule has 7 rings (SSSR count). The summed E-state index contributed by atoms with van der Waals surface area (Å²) in [5.41, 5.74) is 2.17. The first-order chi connectivity index (χ1) is 26.5. The fourth-order valence-corrected chi connectivity index (χ4v) is 7.55. The molecule has 55 heavy (non-hydrogen) atoms. The van der Waals surface area contributed by atoms with Gasteiger partial charge in [-0.25, -0.2) is 13.8 Å². The number of aromatic nitrogens is 2. The number of halogens is 2. The quantitative estimate of drug-likeness (QED) is 0.138. The Labute approximate surface area is 317 Å². The Hall–Kier alpha value is -5.44. The number of aliphatic hydroxyl groups is 1. The zero-order valence-corrected chi connectivity index (χ0v) is 30.9. The van der Waals surface area contributed by atoms with Gasteiger partial charge in [-0.15, -0.1) is 0 Å². The molecule has 3 heterocycles. The summed E-state index contributed by atoms with van der Waals surface area (Å²) in [4.78, 5) is 48.5. The van der Waals surface area contributed by atoms with Crippen LogP contribution in [0.1, 0.15) is 60.0 Å². The van der Waals surface area contributed by atoms with Crippen LogP contribution in [-0.2, 0) is 23.2 Å². The molecule has 2 saturated heterocycles. The maximum atomic E-state index is 15.2. The first kappa shape index (κ1) is 37.9. The predicted octanol–water partition coefficient (Wildman–Crippen LogP) is 5.91. The number of carbonyl (C=O) groups is 2. The molecule has 0 bridgehead atoms. The Morgan fingerprint density at radius 3 is 2.49 bits per heavy atom. The van der Waals surface area contributed by atoms with Crippen LogP contribution < -0.4 is 26.4 Å². The molecular weight excluding hydrogens is 708 g/mol. The second-order valence-corrected chi connectivity index (χ2v) is 14.4. The average molecular weight is 754 g/mol. The molecule has 3 aromatic carbocycles. The van der Waals surface area contributed by atoms with Gasteiger partial charge in [0.15, 0.2) is 5.82 Å². The number of amides is 2. The molecule has 3 fully saturated rings. The highest BCUT2D eigenvalue weighted by Crippen LogP contribution is 2.40. The van der Waals surface area contributed by atoms with Crippen molar-refractivity contribution in [3.63, 3.8) is 0 Å². The van der Waals surface area contributed by atoms with Crippen molar-refractivity contribution in [2.24, 2.45) is 7.05 Å². The van der Waals surface area contributed by atoms with E-state index in [1.807, 2.05) is 6.07 Å². The summed E-state index contributed by atoms with van der Waals surface area (Å²) in [6, 6.07) is 12.7. The molecule has 4 aromatic rings. The van der Waals surface area contributed by atoms with Gasteiger partial charge < -0.3 is 35.3 Å². The van der Waals surface area contributed by atoms with Gasteiger partial charge in [0.2, 0.25) is 5.91 Å². The number of ether oxygens (including phenoxy) is 1. The molecule has 4 N–H and O–H groups in total. The minimum absolute atomic E-state index is 0.0701. The van der Waals surface area contributed by atoms with Crippen LogP contribution in [0.25, 0.3) is 11.3 Å². The molecule has 1 saturated carbocycles. The van der Waals surface area contributed by atoms with Gasteiger partial charge in [0.25, 0.3) is 11.5 Å². The molecule has 1 atom stereocenters. The van der Waals surface area contributed by atoms with E-state index in [0.29, 0.717) is 23.3 Å². The standard InChI is InChI=1S/C41H45F2N7O5/c1-4-38(52)45-35-20-28(8-10-37(35)50-14-13-49(21-24(50)2)29-11-15-55-16-12-29)44-39-41(54)48(3)22-36(46-39)31-18-27(42)19-34(32(31)23-51)47-40(53)30-9-7-26(17-33(30)43)25-5-6-25/h4,7-10,17-20,22,24-25,29,51H,1,5-6,11-16,21,23H2,2-3H3,(H,44,46)(H,45,52)(H,47,53)/t24-/m0/s1. The molecule has 14 heteroatoms. The molecule has 1 aromatic heterocycles. The number of rotatable bonds is 11. The Bertz CT molecular complexity index is 2180. The van der Waals surface area contributed by atoms with Crippen molar-refractivity contribution in [1.82, 2.24) is 14.5 Å². The lowest BCUT2D eigenvalue weighted by atomic mass is 10.0. The van der Waals surface area contributed by atoms with Crippen molar-refractivity contribution >= 4 is 40.4 Å². The molecule has 12 nitrogen and oxygen atoms in total. The van der Waals surface area contributed by atoms with Crippen molar-refractivity contribution in [3.8, 4) is 11.3 Å². The number of aryl methyl sites for hydroxylation is 1. The summed E-state index contributed by atoms with van der Waals surface area (Å²) < 4.78 is 37.0. The Balaban J connectivity index is 1.16. The Kier molecular flexibility index (Phi) is 11.1. The van der Waals surface area contributed by atoms with Gasteiger partial charge in [-0.3, -0.25) is 19.3 Å². The third-order valence-corrected chi connectivity index (χ3v) is 10.6. The molecule has 0 spiro atoms. The van der Waals surface area contributed by atoms with Crippen molar-refractivity contribution in [3.05, 3.63) is 106 Å². The lowest BCUT2D eigenvalue weighted by Crippen LogP contribution is -2.56. The topological polar surface area (TPSA) is 141 Å². The SMILES string of the molecule is C=CC(=O)Nc1cc(Nc2nc(-c3cc(F)cc(NC(=O)c4ccc(C5CC5)cc4F)c3CO)cn(C)c2=O)ccc1N1CCN(C2CCOCC2)C[C@@H]1C. The number of aliphatic hydroxyl groups excluding tert-OH is 1. The summed E-state index contributed by atoms with van der Waals surface area (Å²) in [7, 11) is 1.51. The van der Waals surface area contributed by atoms with Crippen LogP contribution in [0.2, 0.25) is 0 Å². The third-order valence-electron chi connectivity index (χ3n) is 10.6. The van der Waals surface area contributed by atoms with Crippen LogP contribution in [0.15, 0.2) is 72.2 Å². The molecular formula is C41H45F2N7O5. The van der Waals surface area contributed by atoms with E-state index in [-0.39, 0.29) is 39.9 Å². The number of piperazine rings is 1. The number of nitrogens with zero attached hydrogens (tertiary/aromatic N) is 4. The molecule has 2 amide bonds. The largest absolute Gasteiger partial charge is 0.392 e. The van der Waals surface area contributed by atoms with E-state index in [1.165, 1.54) is 36.0 Å². The number of carbonyl (C=O) groups excluding carboxylic acids is 2. The average Bonchev–Trinajstić information content (AvgIpc) is 4.03. The number of hydrogen-bond donors (Lipinski definition) is 4. The van der Waals surface area contributed by atoms with E-state index in [9.17, 15) is 23.9 Å². The maximum absolute atomic E-state index is 15.2. The summed E-state index contributed by atoms with van der Waals surface area (Å²) in [5.74, 6) is -2.46. The van der Waals surface area contributed by atoms with Gasteiger partial charge in [-0.1, -0.05) is 12.6 Å². The highest BCUT2D eigenvalue weighted by atomic mass is 19.1. The normalized spacial score (nSPS) is 17.8. The number of benzene rings is 3. The highest BCUT2D eigenvalue weighted by Gasteiger charge is 2.31. The third kappa shape index (κ3) is 8.31. The van der Waals surface area contributed by atoms with Crippen LogP contribution >= 0.6 is 0 Å². The minimum Gasteiger partial charge on any atom is -0.392 e. The predicted molar refractivity (Wildman–Crippen MR) is 208 cm³/mol. The fourth-order valence-electron chi connectivity index (χ4n) is 7.55. The second-order valence-electron chi connectivity index (χ2n) is 14.4. The van der Waals surface area contributed by atoms with Gasteiger partial charge in [0, 0.05) is 75.0 Å². The Morgan fingerprint density at radius 1 is 1.02 bits per heavy atom. The Morgan fingerprint density at radius 2 is 1.80 bits per heavy atom. The lowest BCUT2D eigenvalue weighted by Gasteiger charge is -2.45. The molecule has 1 aliphatic carbocycles. The first-order valence-corrected chi connectivity index (χ1v) is 18.6. The molecule has 3 aliphatic rings. The van der Waals surface area contributed by atoms with Crippen LogP contribution in [0, 0.1) is 11.6 Å². The van der Waals surface area contributed by atoms with Crippen molar-refractivity contribution < 1.29 is 28.2 Å². The zero-order chi connectivity index (χ0) is 38.8. The molecule has 0 radical (unpaired) electrons. The van der Waals surface area contributed by atoms with E-state index < -0.39 is 35.6 Å². The number of nitrogens with one attached hydrogen (secondary N) is 3. The van der Waals surface area contributed by atoms with E-state index in [0.717, 1.165) is 81.9 Å². The van der Waals surface area contributed by atoms with E-state index in [1.54, 1.807) is 18.2 Å². The van der Waals surface area contributed by atoms with Crippen LogP contribution in [0.5, 0.6) is 0 Å². The fraction of sp³-hybridized carbons (Fsp3) is 0.366. The van der Waals surface area contributed by atoms with Gasteiger partial charge >= 0.3 is 0 Å². The maximum Gasteiger partial charge on any atom is 0.293 e. The molecule has 288 valence electrons. The first-order valence-electron chi connectivity index (χ1n) is 18.6. The molecule has 2 aliphatic heterocycles. The number of hydrogen-bond acceptors (Lipinski definition) is 9. The van der Waals surface area contributed by atoms with Crippen molar-refractivity contribution in [2.45, 2.75) is 57.2 Å². The van der Waals surface area contributed by atoms with Gasteiger partial charge in [-0.05, 0) is 92.6 Å². The second kappa shape index (κ2) is 16.1. The molecule has 0 unspecified atom stereocenters. The van der Waals surface area contributed by atoms with Gasteiger partial charge in [-0.2, -0.15) is 0 Å². The van der Waals surface area contributed by atoms with Gasteiger partial charge in [0.1, 0.15) is 11.6 Å². The van der Waals surface area contributed by atoms with E-state index in [2.05, 4.69) is 44.2 Å².